The second-order valence-electron chi connectivity index (χ2n) is 7.43. The first kappa shape index (κ1) is 18.3. The van der Waals surface area contributed by atoms with Crippen LogP contribution in [0.5, 0.6) is 5.75 Å². The molecule has 0 unspecified atom stereocenters. The normalized spacial score (nSPS) is 17.5. The summed E-state index contributed by atoms with van der Waals surface area (Å²) in [6.07, 6.45) is 5.29. The fourth-order valence-corrected chi connectivity index (χ4v) is 4.74. The van der Waals surface area contributed by atoms with Crippen molar-refractivity contribution in [1.29, 1.82) is 0 Å². The average molecular weight is 340 g/mol. The Morgan fingerprint density at radius 3 is 2.26 bits per heavy atom. The van der Waals surface area contributed by atoms with Crippen LogP contribution in [0.1, 0.15) is 58.4 Å². The largest absolute Gasteiger partial charge is 0.495 e. The van der Waals surface area contributed by atoms with Gasteiger partial charge in [0, 0.05) is 13.1 Å². The van der Waals surface area contributed by atoms with Gasteiger partial charge in [-0.3, -0.25) is 0 Å². The zero-order valence-corrected chi connectivity index (χ0v) is 15.7. The van der Waals surface area contributed by atoms with Crippen LogP contribution in [0, 0.1) is 0 Å². The first-order chi connectivity index (χ1) is 10.7. The van der Waals surface area contributed by atoms with Crippen molar-refractivity contribution in [3.63, 3.8) is 0 Å². The van der Waals surface area contributed by atoms with Crippen molar-refractivity contribution in [1.82, 2.24) is 4.31 Å². The van der Waals surface area contributed by atoms with Crippen molar-refractivity contribution in [2.75, 3.05) is 14.2 Å². The van der Waals surface area contributed by atoms with Gasteiger partial charge in [-0.15, -0.1) is 0 Å². The van der Waals surface area contributed by atoms with Gasteiger partial charge in [0.1, 0.15) is 10.6 Å². The van der Waals surface area contributed by atoms with Crippen molar-refractivity contribution in [3.8, 4) is 5.75 Å². The Hall–Kier alpha value is -1.07. The number of hydrogen-bond donors (Lipinski definition) is 0. The van der Waals surface area contributed by atoms with Crippen molar-refractivity contribution in [2.24, 2.45) is 0 Å². The lowest BCUT2D eigenvalue weighted by atomic mass is 9.87. The molecule has 1 aromatic rings. The standard InChI is InChI=1S/C18H29NO3S/c1-18(2,3)14-11-12-16(22-5)17(13-14)23(20,21)19(4)15-9-7-6-8-10-15/h11-13,15H,6-10H2,1-5H3. The molecule has 1 fully saturated rings. The lowest BCUT2D eigenvalue weighted by Crippen LogP contribution is -2.38. The summed E-state index contributed by atoms with van der Waals surface area (Å²) in [6, 6.07) is 5.57. The number of sulfonamides is 1. The van der Waals surface area contributed by atoms with E-state index in [1.165, 1.54) is 13.5 Å². The number of methoxy groups -OCH3 is 1. The molecule has 1 aromatic carbocycles. The average Bonchev–Trinajstić information content (AvgIpc) is 2.53. The predicted molar refractivity (Wildman–Crippen MR) is 93.5 cm³/mol. The summed E-state index contributed by atoms with van der Waals surface area (Å²) < 4.78 is 33.2. The number of ether oxygens (including phenoxy) is 1. The van der Waals surface area contributed by atoms with Crippen LogP contribution in [0.3, 0.4) is 0 Å². The van der Waals surface area contributed by atoms with E-state index < -0.39 is 10.0 Å². The number of nitrogens with zero attached hydrogens (tertiary/aromatic N) is 1. The maximum absolute atomic E-state index is 13.1. The van der Waals surface area contributed by atoms with Crippen LogP contribution in [0.2, 0.25) is 0 Å². The van der Waals surface area contributed by atoms with Crippen LogP contribution < -0.4 is 4.74 Å². The quantitative estimate of drug-likeness (QED) is 0.834. The molecule has 1 aliphatic rings. The van der Waals surface area contributed by atoms with Crippen molar-refractivity contribution in [2.45, 2.75) is 69.2 Å². The lowest BCUT2D eigenvalue weighted by Gasteiger charge is -2.31. The number of benzene rings is 1. The minimum atomic E-state index is -3.56. The third-order valence-electron chi connectivity index (χ3n) is 4.78. The SMILES string of the molecule is COc1ccc(C(C)(C)C)cc1S(=O)(=O)N(C)C1CCCCC1. The second-order valence-corrected chi connectivity index (χ2v) is 9.39. The lowest BCUT2D eigenvalue weighted by molar-refractivity contribution is 0.284. The third kappa shape index (κ3) is 3.89. The Morgan fingerprint density at radius 2 is 1.74 bits per heavy atom. The molecule has 0 atom stereocenters. The summed E-state index contributed by atoms with van der Waals surface area (Å²) in [5.74, 6) is 0.417. The molecular formula is C18H29NO3S. The van der Waals surface area contributed by atoms with Gasteiger partial charge in [0.25, 0.3) is 0 Å². The summed E-state index contributed by atoms with van der Waals surface area (Å²) >= 11 is 0. The Bertz CT molecular complexity index is 641. The summed E-state index contributed by atoms with van der Waals surface area (Å²) in [5, 5.41) is 0. The van der Waals surface area contributed by atoms with Gasteiger partial charge in [-0.1, -0.05) is 46.1 Å². The Kier molecular flexibility index (Phi) is 5.41. The molecule has 0 heterocycles. The molecule has 0 saturated heterocycles. The van der Waals surface area contributed by atoms with Crippen LogP contribution in [0.4, 0.5) is 0 Å². The minimum absolute atomic E-state index is 0.0942. The van der Waals surface area contributed by atoms with E-state index in [1.807, 2.05) is 6.07 Å². The Morgan fingerprint density at radius 1 is 1.13 bits per heavy atom. The number of hydrogen-bond acceptors (Lipinski definition) is 3. The predicted octanol–water partition coefficient (Wildman–Crippen LogP) is 3.95. The molecule has 0 aromatic heterocycles. The van der Waals surface area contributed by atoms with Crippen LogP contribution in [-0.4, -0.2) is 32.9 Å². The molecule has 0 N–H and O–H groups in total. The summed E-state index contributed by atoms with van der Waals surface area (Å²) in [5.41, 5.74) is 0.883. The topological polar surface area (TPSA) is 46.6 Å². The van der Waals surface area contributed by atoms with Gasteiger partial charge in [0.15, 0.2) is 0 Å². The minimum Gasteiger partial charge on any atom is -0.495 e. The molecule has 4 nitrogen and oxygen atoms in total. The van der Waals surface area contributed by atoms with E-state index in [1.54, 1.807) is 23.5 Å². The van der Waals surface area contributed by atoms with Gasteiger partial charge in [0.2, 0.25) is 10.0 Å². The molecule has 0 aliphatic heterocycles. The van der Waals surface area contributed by atoms with E-state index in [2.05, 4.69) is 20.8 Å². The molecular weight excluding hydrogens is 310 g/mol. The van der Waals surface area contributed by atoms with Crippen molar-refractivity contribution in [3.05, 3.63) is 23.8 Å². The van der Waals surface area contributed by atoms with Crippen LogP contribution in [0.25, 0.3) is 0 Å². The molecule has 0 bridgehead atoms. The zero-order chi connectivity index (χ0) is 17.3. The second kappa shape index (κ2) is 6.81. The molecule has 0 radical (unpaired) electrons. The molecule has 23 heavy (non-hydrogen) atoms. The van der Waals surface area contributed by atoms with Gasteiger partial charge in [0.05, 0.1) is 7.11 Å². The zero-order valence-electron chi connectivity index (χ0n) is 14.9. The summed E-state index contributed by atoms with van der Waals surface area (Å²) in [7, 11) is -0.333. The molecule has 2 rings (SSSR count). The monoisotopic (exact) mass is 339 g/mol. The highest BCUT2D eigenvalue weighted by Crippen LogP contribution is 2.34. The fraction of sp³-hybridized carbons (Fsp3) is 0.667. The van der Waals surface area contributed by atoms with E-state index >= 15 is 0 Å². The van der Waals surface area contributed by atoms with Gasteiger partial charge in [-0.25, -0.2) is 8.42 Å². The van der Waals surface area contributed by atoms with E-state index in [4.69, 9.17) is 4.74 Å². The van der Waals surface area contributed by atoms with Gasteiger partial charge in [-0.2, -0.15) is 4.31 Å². The van der Waals surface area contributed by atoms with Gasteiger partial charge < -0.3 is 4.74 Å². The number of rotatable bonds is 4. The van der Waals surface area contributed by atoms with Crippen LogP contribution in [-0.2, 0) is 15.4 Å². The first-order valence-corrected chi connectivity index (χ1v) is 9.78. The van der Waals surface area contributed by atoms with Crippen LogP contribution in [0.15, 0.2) is 23.1 Å². The molecule has 0 spiro atoms. The Labute approximate surface area is 140 Å². The van der Waals surface area contributed by atoms with Crippen molar-refractivity contribution < 1.29 is 13.2 Å². The highest BCUT2D eigenvalue weighted by Gasteiger charge is 2.32. The highest BCUT2D eigenvalue weighted by molar-refractivity contribution is 7.89. The molecule has 0 amide bonds. The molecule has 1 aliphatic carbocycles. The fourth-order valence-electron chi connectivity index (χ4n) is 3.14. The summed E-state index contributed by atoms with van der Waals surface area (Å²) in [4.78, 5) is 0.278. The Balaban J connectivity index is 2.44. The maximum Gasteiger partial charge on any atom is 0.246 e. The van der Waals surface area contributed by atoms with E-state index in [0.717, 1.165) is 31.2 Å². The molecule has 1 saturated carbocycles. The van der Waals surface area contributed by atoms with Gasteiger partial charge in [-0.05, 0) is 36.0 Å². The van der Waals surface area contributed by atoms with E-state index in [9.17, 15) is 8.42 Å². The van der Waals surface area contributed by atoms with E-state index in [-0.39, 0.29) is 16.4 Å². The smallest absolute Gasteiger partial charge is 0.246 e. The van der Waals surface area contributed by atoms with Crippen LogP contribution >= 0.6 is 0 Å². The third-order valence-corrected chi connectivity index (χ3v) is 6.71. The molecule has 5 heteroatoms. The summed E-state index contributed by atoms with van der Waals surface area (Å²) in [6.45, 7) is 6.24. The highest BCUT2D eigenvalue weighted by atomic mass is 32.2. The van der Waals surface area contributed by atoms with Crippen molar-refractivity contribution >= 4 is 10.0 Å². The first-order valence-electron chi connectivity index (χ1n) is 8.34. The van der Waals surface area contributed by atoms with Gasteiger partial charge >= 0.3 is 0 Å². The van der Waals surface area contributed by atoms with E-state index in [0.29, 0.717) is 5.75 Å². The molecule has 130 valence electrons. The maximum atomic E-state index is 13.1.